The predicted octanol–water partition coefficient (Wildman–Crippen LogP) is 9.16. The summed E-state index contributed by atoms with van der Waals surface area (Å²) < 4.78 is 6.65. The topological polar surface area (TPSA) is 53.0 Å². The van der Waals surface area contributed by atoms with Crippen LogP contribution in [-0.2, 0) is 35.4 Å². The van der Waals surface area contributed by atoms with Crippen molar-refractivity contribution in [2.75, 3.05) is 16.4 Å². The number of aliphatic hydroxyl groups is 1. The minimum atomic E-state index is -1.72. The molecule has 1 amide bonds. The van der Waals surface area contributed by atoms with E-state index in [9.17, 15) is 5.11 Å². The number of fused-ring (bicyclic) bond motifs is 5. The molecule has 52 heavy (non-hydrogen) atoms. The number of rotatable bonds is 8. The van der Waals surface area contributed by atoms with E-state index in [4.69, 9.17) is 4.74 Å². The predicted molar refractivity (Wildman–Crippen MR) is 207 cm³/mol. The summed E-state index contributed by atoms with van der Waals surface area (Å²) in [6.07, 6.45) is 0. The number of hydrogen-bond acceptors (Lipinski definition) is 4. The van der Waals surface area contributed by atoms with Crippen LogP contribution in [0.15, 0.2) is 176 Å². The molecule has 0 aromatic heterocycles. The molecule has 0 bridgehead atoms. The summed E-state index contributed by atoms with van der Waals surface area (Å²) >= 11 is 0. The molecule has 5 nitrogen and oxygen atoms in total. The first-order valence-electron chi connectivity index (χ1n) is 17.8. The zero-order valence-corrected chi connectivity index (χ0v) is 28.7. The van der Waals surface area contributed by atoms with E-state index in [-0.39, 0.29) is 12.5 Å². The summed E-state index contributed by atoms with van der Waals surface area (Å²) in [7, 11) is 0. The first kappa shape index (κ1) is 31.8. The number of para-hydroxylation sites is 1. The summed E-state index contributed by atoms with van der Waals surface area (Å²) in [5, 5.41) is 15.4. The average Bonchev–Trinajstić information content (AvgIpc) is 3.44. The van der Waals surface area contributed by atoms with Crippen LogP contribution in [0.2, 0.25) is 0 Å². The Hall–Kier alpha value is -6.17. The van der Waals surface area contributed by atoms with E-state index in [1.165, 1.54) is 11.1 Å². The maximum atomic E-state index is 15.6. The second kappa shape index (κ2) is 12.9. The lowest BCUT2D eigenvalue weighted by Crippen LogP contribution is -2.61. The number of carbonyl (C=O) groups excluding carboxylic acids is 1. The summed E-state index contributed by atoms with van der Waals surface area (Å²) in [6.45, 7) is 1.65. The highest BCUT2D eigenvalue weighted by atomic mass is 16.5. The zero-order valence-electron chi connectivity index (χ0n) is 28.7. The summed E-state index contributed by atoms with van der Waals surface area (Å²) in [5.74, 6) is 0.426. The lowest BCUT2D eigenvalue weighted by Gasteiger charge is -2.48. The van der Waals surface area contributed by atoms with Gasteiger partial charge in [0.15, 0.2) is 0 Å². The second-order valence-corrected chi connectivity index (χ2v) is 13.9. The van der Waals surface area contributed by atoms with Crippen molar-refractivity contribution in [3.63, 3.8) is 0 Å². The van der Waals surface area contributed by atoms with E-state index in [0.717, 1.165) is 33.3 Å². The Kier molecular flexibility index (Phi) is 7.86. The van der Waals surface area contributed by atoms with Gasteiger partial charge in [0.1, 0.15) is 23.4 Å². The monoisotopic (exact) mass is 678 g/mol. The molecule has 254 valence electrons. The molecule has 7 aromatic carbocycles. The molecule has 0 fully saturated rings. The lowest BCUT2D eigenvalue weighted by atomic mass is 9.60. The minimum Gasteiger partial charge on any atom is -0.490 e. The van der Waals surface area contributed by atoms with Crippen molar-refractivity contribution in [2.24, 2.45) is 0 Å². The standard InChI is InChI=1S/C47H38N2O3/c50-45-47(41-22-12-13-23-43(41)49(45)32-36-18-8-3-9-19-36)42-27-26-40(48(30-34-14-4-1-5-15-34)31-35-16-6-2-7-17-35)29-44(42)52-33-46(47,51)39-25-24-37-20-10-11-21-38(37)28-39/h1-29,51H,30-33H2/t46-,47+/m0/s1. The van der Waals surface area contributed by atoms with E-state index in [2.05, 4.69) is 71.6 Å². The van der Waals surface area contributed by atoms with Gasteiger partial charge in [-0.15, -0.1) is 0 Å². The Morgan fingerprint density at radius 3 is 1.88 bits per heavy atom. The van der Waals surface area contributed by atoms with E-state index in [0.29, 0.717) is 36.5 Å². The number of nitrogens with zero attached hydrogens (tertiary/aromatic N) is 2. The van der Waals surface area contributed by atoms with Gasteiger partial charge < -0.3 is 19.6 Å². The fourth-order valence-electron chi connectivity index (χ4n) is 8.28. The summed E-state index contributed by atoms with van der Waals surface area (Å²) in [6, 6.07) is 59.1. The fraction of sp³-hybridized carbons (Fsp3) is 0.128. The number of benzene rings is 7. The molecule has 2 aliphatic rings. The number of anilines is 2. The van der Waals surface area contributed by atoms with E-state index < -0.39 is 11.0 Å². The van der Waals surface area contributed by atoms with Crippen molar-refractivity contribution in [3.05, 3.63) is 209 Å². The SMILES string of the molecule is O=C1N(Cc2ccccc2)c2ccccc2[C@@]12c1ccc(N(Cc3ccccc3)Cc3ccccc3)cc1OC[C@]2(O)c1ccc2ccccc2c1. The number of hydrogen-bond donors (Lipinski definition) is 1. The quantitative estimate of drug-likeness (QED) is 0.174. The van der Waals surface area contributed by atoms with Gasteiger partial charge >= 0.3 is 0 Å². The molecule has 0 aliphatic carbocycles. The molecule has 5 heteroatoms. The third-order valence-corrected chi connectivity index (χ3v) is 10.8. The molecule has 0 unspecified atom stereocenters. The van der Waals surface area contributed by atoms with Crippen molar-refractivity contribution in [2.45, 2.75) is 30.7 Å². The van der Waals surface area contributed by atoms with Crippen molar-refractivity contribution < 1.29 is 14.6 Å². The smallest absolute Gasteiger partial charge is 0.246 e. The molecule has 2 atom stereocenters. The van der Waals surface area contributed by atoms with Gasteiger partial charge in [0.2, 0.25) is 5.91 Å². The number of amides is 1. The van der Waals surface area contributed by atoms with Crippen molar-refractivity contribution in [1.29, 1.82) is 0 Å². The van der Waals surface area contributed by atoms with Crippen LogP contribution in [0.25, 0.3) is 10.8 Å². The van der Waals surface area contributed by atoms with Crippen LogP contribution in [0.3, 0.4) is 0 Å². The molecule has 1 N–H and O–H groups in total. The molecule has 7 aromatic rings. The van der Waals surface area contributed by atoms with Crippen LogP contribution < -0.4 is 14.5 Å². The molecule has 2 aliphatic heterocycles. The Morgan fingerprint density at radius 1 is 0.596 bits per heavy atom. The van der Waals surface area contributed by atoms with Gasteiger partial charge in [-0.25, -0.2) is 0 Å². The second-order valence-electron chi connectivity index (χ2n) is 13.9. The average molecular weight is 679 g/mol. The maximum absolute atomic E-state index is 15.6. The largest absolute Gasteiger partial charge is 0.490 e. The number of ether oxygens (including phenoxy) is 1. The molecular weight excluding hydrogens is 641 g/mol. The Balaban J connectivity index is 1.23. The minimum absolute atomic E-state index is 0.0988. The Labute approximate surface area is 304 Å². The van der Waals surface area contributed by atoms with Gasteiger partial charge in [-0.3, -0.25) is 4.79 Å². The lowest BCUT2D eigenvalue weighted by molar-refractivity contribution is -0.139. The first-order chi connectivity index (χ1) is 25.5. The maximum Gasteiger partial charge on any atom is 0.246 e. The third kappa shape index (κ3) is 5.16. The van der Waals surface area contributed by atoms with Crippen LogP contribution in [0.1, 0.15) is 33.4 Å². The normalized spacial score (nSPS) is 18.9. The third-order valence-electron chi connectivity index (χ3n) is 10.8. The molecule has 0 saturated carbocycles. The Bertz CT molecular complexity index is 2360. The summed E-state index contributed by atoms with van der Waals surface area (Å²) in [5.41, 5.74) is 4.03. The summed E-state index contributed by atoms with van der Waals surface area (Å²) in [4.78, 5) is 19.7. The fourth-order valence-corrected chi connectivity index (χ4v) is 8.28. The molecule has 2 heterocycles. The van der Waals surface area contributed by atoms with Gasteiger partial charge in [0, 0.05) is 36.1 Å². The van der Waals surface area contributed by atoms with Crippen LogP contribution >= 0.6 is 0 Å². The van der Waals surface area contributed by atoms with Crippen molar-refractivity contribution in [1.82, 2.24) is 0 Å². The van der Waals surface area contributed by atoms with Crippen LogP contribution in [-0.4, -0.2) is 17.6 Å². The molecule has 0 saturated heterocycles. The zero-order chi connectivity index (χ0) is 35.1. The van der Waals surface area contributed by atoms with Crippen LogP contribution in [0.5, 0.6) is 5.75 Å². The molecule has 1 spiro atoms. The van der Waals surface area contributed by atoms with Crippen molar-refractivity contribution in [3.8, 4) is 5.75 Å². The molecular formula is C47H38N2O3. The highest BCUT2D eigenvalue weighted by Crippen LogP contribution is 2.60. The molecule has 0 radical (unpaired) electrons. The van der Waals surface area contributed by atoms with Gasteiger partial charge in [0.05, 0.1) is 6.54 Å². The molecule has 9 rings (SSSR count). The van der Waals surface area contributed by atoms with Crippen molar-refractivity contribution >= 4 is 28.1 Å². The highest BCUT2D eigenvalue weighted by molar-refractivity contribution is 6.12. The Morgan fingerprint density at radius 2 is 1.19 bits per heavy atom. The van der Waals surface area contributed by atoms with Gasteiger partial charge in [-0.2, -0.15) is 0 Å². The first-order valence-corrected chi connectivity index (χ1v) is 17.8. The number of carbonyl (C=O) groups is 1. The van der Waals surface area contributed by atoms with Gasteiger partial charge in [-0.05, 0) is 56.8 Å². The van der Waals surface area contributed by atoms with Gasteiger partial charge in [0.25, 0.3) is 0 Å². The van der Waals surface area contributed by atoms with E-state index in [1.54, 1.807) is 0 Å². The highest BCUT2D eigenvalue weighted by Gasteiger charge is 2.67. The van der Waals surface area contributed by atoms with E-state index in [1.807, 2.05) is 114 Å². The van der Waals surface area contributed by atoms with Crippen LogP contribution in [0, 0.1) is 0 Å². The van der Waals surface area contributed by atoms with E-state index >= 15 is 4.79 Å². The van der Waals surface area contributed by atoms with Crippen LogP contribution in [0.4, 0.5) is 11.4 Å². The van der Waals surface area contributed by atoms with Gasteiger partial charge in [-0.1, -0.05) is 152 Å².